The maximum Gasteiger partial charge on any atom is 0.410 e. The Bertz CT molecular complexity index is 1410. The Labute approximate surface area is 208 Å². The normalized spacial score (nSPS) is 15.0. The van der Waals surface area contributed by atoms with Gasteiger partial charge in [-0.15, -0.1) is 0 Å². The van der Waals surface area contributed by atoms with Crippen molar-refractivity contribution in [3.05, 3.63) is 54.2 Å². The Balaban J connectivity index is 1.54. The van der Waals surface area contributed by atoms with Crippen molar-refractivity contribution in [2.24, 2.45) is 0 Å². The highest BCUT2D eigenvalue weighted by Crippen LogP contribution is 2.37. The summed E-state index contributed by atoms with van der Waals surface area (Å²) in [6.45, 7) is 8.72. The van der Waals surface area contributed by atoms with E-state index in [0.29, 0.717) is 30.2 Å². The maximum atomic E-state index is 13.7. The first kappa shape index (κ1) is 23.8. The summed E-state index contributed by atoms with van der Waals surface area (Å²) in [5.74, 6) is 0.907. The molecule has 1 fully saturated rings. The van der Waals surface area contributed by atoms with Gasteiger partial charge in [0.05, 0.1) is 17.6 Å². The van der Waals surface area contributed by atoms with Crippen LogP contribution in [0, 0.1) is 12.7 Å². The number of carbonyl (C=O) groups excluding carboxylic acids is 1. The molecule has 0 spiro atoms. The zero-order valence-corrected chi connectivity index (χ0v) is 20.9. The lowest BCUT2D eigenvalue weighted by molar-refractivity contribution is 0.0188. The van der Waals surface area contributed by atoms with Crippen LogP contribution in [-0.2, 0) is 4.74 Å². The molecule has 10 heteroatoms. The molecule has 0 bridgehead atoms. The highest BCUT2D eigenvalue weighted by atomic mass is 19.1. The molecule has 5 rings (SSSR count). The van der Waals surface area contributed by atoms with Crippen LogP contribution in [0.4, 0.5) is 15.0 Å². The van der Waals surface area contributed by atoms with Crippen LogP contribution in [-0.4, -0.2) is 53.8 Å². The molecule has 0 radical (unpaired) electrons. The van der Waals surface area contributed by atoms with E-state index >= 15 is 0 Å². The summed E-state index contributed by atoms with van der Waals surface area (Å²) in [7, 11) is 0. The van der Waals surface area contributed by atoms with Crippen molar-refractivity contribution in [2.45, 2.75) is 52.2 Å². The van der Waals surface area contributed by atoms with Crippen molar-refractivity contribution in [3.8, 4) is 22.6 Å². The molecule has 1 aliphatic rings. The number of aromatic nitrogens is 5. The number of halogens is 1. The van der Waals surface area contributed by atoms with Gasteiger partial charge in [0, 0.05) is 24.7 Å². The highest BCUT2D eigenvalue weighted by molar-refractivity contribution is 5.78. The van der Waals surface area contributed by atoms with Gasteiger partial charge in [0.1, 0.15) is 28.8 Å². The quantitative estimate of drug-likeness (QED) is 0.439. The first-order valence-electron chi connectivity index (χ1n) is 12.0. The van der Waals surface area contributed by atoms with Crippen LogP contribution in [0.25, 0.3) is 28.3 Å². The number of ether oxygens (including phenoxy) is 1. The summed E-state index contributed by atoms with van der Waals surface area (Å²) in [4.78, 5) is 23.5. The van der Waals surface area contributed by atoms with Crippen molar-refractivity contribution < 1.29 is 13.9 Å². The monoisotopic (exact) mass is 491 g/mol. The van der Waals surface area contributed by atoms with Crippen LogP contribution in [0.5, 0.6) is 0 Å². The zero-order valence-electron chi connectivity index (χ0n) is 20.9. The van der Waals surface area contributed by atoms with E-state index in [0.717, 1.165) is 35.6 Å². The smallest absolute Gasteiger partial charge is 0.410 e. The van der Waals surface area contributed by atoms with Gasteiger partial charge in [-0.3, -0.25) is 0 Å². The minimum atomic E-state index is -0.535. The number of amides is 1. The number of fused-ring (bicyclic) bond motifs is 1. The Morgan fingerprint density at radius 3 is 2.44 bits per heavy atom. The lowest BCUT2D eigenvalue weighted by Gasteiger charge is -2.34. The number of rotatable bonds is 3. The van der Waals surface area contributed by atoms with Crippen molar-refractivity contribution in [3.63, 3.8) is 0 Å². The molecule has 1 aromatic carbocycles. The molecule has 3 aromatic heterocycles. The van der Waals surface area contributed by atoms with Crippen LogP contribution in [0.3, 0.4) is 0 Å². The predicted octanol–water partition coefficient (Wildman–Crippen LogP) is 4.86. The van der Waals surface area contributed by atoms with E-state index in [9.17, 15) is 9.18 Å². The standard InChI is InChI=1S/C26H30FN7O2/c1-16-29-23(17-5-7-18(27)8-6-17)24(20-9-10-22-30-21(28)15-33(22)31-20)34(16)19-11-13-32(14-12-19)25(35)36-26(2,3)4/h5-10,15,19H,11-14,28H2,1-4H3. The number of benzene rings is 1. The molecule has 4 aromatic rings. The molecule has 4 heterocycles. The molecule has 9 nitrogen and oxygen atoms in total. The van der Waals surface area contributed by atoms with Crippen LogP contribution in [0.2, 0.25) is 0 Å². The molecule has 36 heavy (non-hydrogen) atoms. The number of hydrogen-bond acceptors (Lipinski definition) is 6. The Hall–Kier alpha value is -3.95. The third kappa shape index (κ3) is 4.62. The van der Waals surface area contributed by atoms with Crippen LogP contribution < -0.4 is 5.73 Å². The van der Waals surface area contributed by atoms with E-state index in [1.165, 1.54) is 12.1 Å². The van der Waals surface area contributed by atoms with Gasteiger partial charge < -0.3 is 19.9 Å². The van der Waals surface area contributed by atoms with Crippen molar-refractivity contribution in [2.75, 3.05) is 18.8 Å². The lowest BCUT2D eigenvalue weighted by atomic mass is 10.0. The van der Waals surface area contributed by atoms with Crippen molar-refractivity contribution in [1.82, 2.24) is 29.0 Å². The molecule has 0 unspecified atom stereocenters. The van der Waals surface area contributed by atoms with Gasteiger partial charge in [-0.05, 0) is 76.9 Å². The summed E-state index contributed by atoms with van der Waals surface area (Å²) in [5, 5.41) is 4.78. The first-order chi connectivity index (χ1) is 17.1. The number of nitrogens with two attached hydrogens (primary N) is 1. The van der Waals surface area contributed by atoms with Gasteiger partial charge in [-0.25, -0.2) is 23.7 Å². The van der Waals surface area contributed by atoms with E-state index < -0.39 is 5.60 Å². The van der Waals surface area contributed by atoms with E-state index in [1.54, 1.807) is 27.7 Å². The molecule has 0 atom stereocenters. The number of anilines is 1. The van der Waals surface area contributed by atoms with Gasteiger partial charge >= 0.3 is 6.09 Å². The Morgan fingerprint density at radius 1 is 1.08 bits per heavy atom. The molecular formula is C26H30FN7O2. The second kappa shape index (κ2) is 8.92. The summed E-state index contributed by atoms with van der Waals surface area (Å²) < 4.78 is 23.1. The number of nitrogens with zero attached hydrogens (tertiary/aromatic N) is 6. The van der Waals surface area contributed by atoms with Crippen molar-refractivity contribution in [1.29, 1.82) is 0 Å². The lowest BCUT2D eigenvalue weighted by Crippen LogP contribution is -2.42. The number of carbonyl (C=O) groups is 1. The topological polar surface area (TPSA) is 104 Å². The number of piperidine rings is 1. The maximum absolute atomic E-state index is 13.7. The highest BCUT2D eigenvalue weighted by Gasteiger charge is 2.31. The second-order valence-electron chi connectivity index (χ2n) is 10.1. The predicted molar refractivity (Wildman–Crippen MR) is 135 cm³/mol. The fourth-order valence-electron chi connectivity index (χ4n) is 4.70. The fraction of sp³-hybridized carbons (Fsp3) is 0.385. The van der Waals surface area contributed by atoms with Gasteiger partial charge in [-0.2, -0.15) is 5.10 Å². The molecule has 0 aliphatic carbocycles. The largest absolute Gasteiger partial charge is 0.444 e. The average molecular weight is 492 g/mol. The van der Waals surface area contributed by atoms with E-state index in [2.05, 4.69) is 9.55 Å². The molecule has 1 aliphatic heterocycles. The number of imidazole rings is 2. The van der Waals surface area contributed by atoms with Crippen LogP contribution >= 0.6 is 0 Å². The second-order valence-corrected chi connectivity index (χ2v) is 10.1. The molecule has 0 saturated carbocycles. The van der Waals surface area contributed by atoms with Gasteiger partial charge in [0.2, 0.25) is 0 Å². The van der Waals surface area contributed by atoms with Crippen LogP contribution in [0.1, 0.15) is 45.5 Å². The molecule has 1 saturated heterocycles. The van der Waals surface area contributed by atoms with Gasteiger partial charge in [-0.1, -0.05) is 0 Å². The fourth-order valence-corrected chi connectivity index (χ4v) is 4.70. The Morgan fingerprint density at radius 2 is 1.78 bits per heavy atom. The molecule has 2 N–H and O–H groups in total. The summed E-state index contributed by atoms with van der Waals surface area (Å²) >= 11 is 0. The van der Waals surface area contributed by atoms with E-state index in [-0.39, 0.29) is 18.0 Å². The number of likely N-dealkylation sites (tertiary alicyclic amines) is 1. The van der Waals surface area contributed by atoms with Gasteiger partial charge in [0.25, 0.3) is 0 Å². The number of nitrogen functional groups attached to an aromatic ring is 1. The third-order valence-corrected chi connectivity index (χ3v) is 6.27. The zero-order chi connectivity index (χ0) is 25.6. The van der Waals surface area contributed by atoms with Gasteiger partial charge in [0.15, 0.2) is 5.65 Å². The molecular weight excluding hydrogens is 461 g/mol. The minimum Gasteiger partial charge on any atom is -0.444 e. The van der Waals surface area contributed by atoms with Crippen LogP contribution in [0.15, 0.2) is 42.6 Å². The van der Waals surface area contributed by atoms with E-state index in [1.807, 2.05) is 39.8 Å². The Kier molecular flexibility index (Phi) is 5.89. The minimum absolute atomic E-state index is 0.103. The summed E-state index contributed by atoms with van der Waals surface area (Å²) in [5.41, 5.74) is 9.05. The van der Waals surface area contributed by atoms with Crippen molar-refractivity contribution >= 4 is 17.6 Å². The summed E-state index contributed by atoms with van der Waals surface area (Å²) in [6.07, 6.45) is 2.86. The molecule has 1 amide bonds. The SMILES string of the molecule is Cc1nc(-c2ccc(F)cc2)c(-c2ccc3nc(N)cn3n2)n1C1CCN(C(=O)OC(C)(C)C)CC1. The number of hydrogen-bond donors (Lipinski definition) is 1. The molecule has 188 valence electrons. The number of aryl methyl sites for hydroxylation is 1. The first-order valence-corrected chi connectivity index (χ1v) is 12.0. The summed E-state index contributed by atoms with van der Waals surface area (Å²) in [6, 6.07) is 10.2. The average Bonchev–Trinajstić information content (AvgIpc) is 3.36. The van der Waals surface area contributed by atoms with E-state index in [4.69, 9.17) is 20.6 Å². The third-order valence-electron chi connectivity index (χ3n) is 6.27.